The Morgan fingerprint density at radius 3 is 1.88 bits per heavy atom. The number of azo groups is 2. The number of rotatable bonds is 21. The molecular formula is C26H21N5Na4O19S6. The van der Waals surface area contributed by atoms with Crippen molar-refractivity contribution in [2.45, 2.75) is 19.6 Å². The van der Waals surface area contributed by atoms with Crippen molar-refractivity contribution in [1.82, 2.24) is 0 Å². The summed E-state index contributed by atoms with van der Waals surface area (Å²) in [5.41, 5.74) is 4.68. The molecule has 0 amide bonds. The van der Waals surface area contributed by atoms with Gasteiger partial charge in [-0.15, -0.1) is 14.6 Å². The predicted octanol–water partition coefficient (Wildman–Crippen LogP) is -9.80. The molecule has 0 aliphatic rings. The van der Waals surface area contributed by atoms with E-state index in [1.807, 2.05) is 0 Å². The second-order valence-electron chi connectivity index (χ2n) is 10.0. The zero-order valence-electron chi connectivity index (χ0n) is 31.2. The number of benzene rings is 4. The number of hydrogen-bond donors (Lipinski definition) is 2. The minimum Gasteiger partial charge on any atom is -0.744 e. The molecule has 304 valence electrons. The first-order chi connectivity index (χ1) is 26.4. The summed E-state index contributed by atoms with van der Waals surface area (Å²) < 4.78 is 122. The van der Waals surface area contributed by atoms with Crippen molar-refractivity contribution < 1.29 is 205 Å². The summed E-state index contributed by atoms with van der Waals surface area (Å²) in [6.45, 7) is -1.15. The maximum Gasteiger partial charge on any atom is 1.00 e. The summed E-state index contributed by atoms with van der Waals surface area (Å²) in [4.78, 5) is 3.81. The van der Waals surface area contributed by atoms with Gasteiger partial charge in [0, 0.05) is 4.90 Å². The third-order valence-electron chi connectivity index (χ3n) is 6.49. The molecule has 34 heteroatoms. The molecule has 24 nitrogen and oxygen atoms in total. The number of phenolic OH excluding ortho intramolecular Hbond substituents is 1. The smallest absolute Gasteiger partial charge is 0.744 e. The molecule has 1 atom stereocenters. The van der Waals surface area contributed by atoms with E-state index in [1.165, 1.54) is 24.3 Å². The maximum atomic E-state index is 12.5. The maximum absolute atomic E-state index is 12.5. The fourth-order valence-electron chi connectivity index (χ4n) is 4.15. The molecule has 1 unspecified atom stereocenters. The van der Waals surface area contributed by atoms with E-state index in [0.717, 1.165) is 48.4 Å². The standard InChI is InChI=1S/C26H25N5O19S6.4Na/c27-23-22-15(14-21(55(38,39)40)25(23)31-29-17-3-7-19(8-4-17)54(36,37)12-10-45-56(41,42)43)13-20(52-49-46-33)24(26(22)32)30-28-16-1-5-18(6-2-16)51-48-44-9-11-53(35)50-47-34;;;;/h1-8,13-14,32-34H,9-12,27H2,(H,38,39,40)(H,41,42,43);;;;/q;4*+1/p-4. The zero-order valence-corrected chi connectivity index (χ0v) is 44.1. The van der Waals surface area contributed by atoms with Gasteiger partial charge < -0.3 is 30.5 Å². The second kappa shape index (κ2) is 28.3. The number of phenols is 1. The van der Waals surface area contributed by atoms with Gasteiger partial charge in [-0.3, -0.25) is 14.3 Å². The van der Waals surface area contributed by atoms with E-state index >= 15 is 0 Å². The van der Waals surface area contributed by atoms with E-state index < -0.39 is 75.8 Å². The van der Waals surface area contributed by atoms with E-state index in [-0.39, 0.29) is 180 Å². The fourth-order valence-corrected chi connectivity index (χ4v) is 7.56. The normalized spacial score (nSPS) is 12.4. The van der Waals surface area contributed by atoms with Crippen molar-refractivity contribution in [3.8, 4) is 5.75 Å². The Morgan fingerprint density at radius 2 is 1.33 bits per heavy atom. The average Bonchev–Trinajstić information content (AvgIpc) is 3.12. The summed E-state index contributed by atoms with van der Waals surface area (Å²) in [5.74, 6) is -1.83. The molecule has 0 spiro atoms. The van der Waals surface area contributed by atoms with Crippen LogP contribution in [-0.2, 0) is 73.6 Å². The summed E-state index contributed by atoms with van der Waals surface area (Å²) in [5, 5.41) is 53.3. The molecule has 0 fully saturated rings. The molecule has 60 heavy (non-hydrogen) atoms. The first kappa shape index (κ1) is 60.2. The number of fused-ring (bicyclic) bond motifs is 1. The zero-order chi connectivity index (χ0) is 41.1. The quantitative estimate of drug-likeness (QED) is 0.00901. The SMILES string of the molecule is Nc1c(N=Nc2ccc(S(=O)(=O)CCOS(=O)(=O)[O-])cc2)c(S(=O)(=O)[O-])cc2cc(SOO[O-])c(N=Nc3ccc(SOOCCS(=O)OO[O-])cc3)c(O)c12.[Na+].[Na+].[Na+].[Na+]. The molecule has 0 radical (unpaired) electrons. The van der Waals surface area contributed by atoms with Gasteiger partial charge in [0.2, 0.25) is 10.4 Å². The van der Waals surface area contributed by atoms with E-state index in [0.29, 0.717) is 4.90 Å². The Labute approximate surface area is 440 Å². The number of anilines is 1. The minimum atomic E-state index is -5.34. The van der Waals surface area contributed by atoms with Crippen LogP contribution in [0.3, 0.4) is 0 Å². The van der Waals surface area contributed by atoms with Crippen LogP contribution >= 0.6 is 24.1 Å². The van der Waals surface area contributed by atoms with Crippen LogP contribution in [0.25, 0.3) is 10.8 Å². The molecule has 0 aliphatic carbocycles. The number of nitrogens with two attached hydrogens (primary N) is 1. The average molecular weight is 992 g/mol. The van der Waals surface area contributed by atoms with Crippen LogP contribution in [0.4, 0.5) is 28.4 Å². The van der Waals surface area contributed by atoms with Gasteiger partial charge in [0.1, 0.15) is 21.5 Å². The minimum absolute atomic E-state index is 0. The number of nitrogen functional groups attached to an aromatic ring is 1. The van der Waals surface area contributed by atoms with Crippen LogP contribution in [0.2, 0.25) is 0 Å². The first-order valence-corrected chi connectivity index (χ1v) is 21.4. The molecule has 0 aromatic heterocycles. The van der Waals surface area contributed by atoms with Crippen molar-refractivity contribution >= 4 is 105 Å². The Hall–Kier alpha value is 0.200. The summed E-state index contributed by atoms with van der Waals surface area (Å²) in [7, 11) is -14.6. The fraction of sp³-hybridized carbons (Fsp3) is 0.154. The largest absolute Gasteiger partial charge is 1.00 e. The van der Waals surface area contributed by atoms with E-state index in [4.69, 9.17) is 15.0 Å². The molecule has 0 bridgehead atoms. The summed E-state index contributed by atoms with van der Waals surface area (Å²) >= 11 is -1.04. The molecule has 0 heterocycles. The summed E-state index contributed by atoms with van der Waals surface area (Å²) in [6.07, 6.45) is 0. The van der Waals surface area contributed by atoms with Crippen molar-refractivity contribution in [1.29, 1.82) is 0 Å². The molecule has 3 N–H and O–H groups in total. The first-order valence-electron chi connectivity index (χ1n) is 14.3. The van der Waals surface area contributed by atoms with Gasteiger partial charge in [-0.25, -0.2) is 34.3 Å². The van der Waals surface area contributed by atoms with Crippen molar-refractivity contribution in [3.05, 3.63) is 60.7 Å². The predicted molar refractivity (Wildman–Crippen MR) is 183 cm³/mol. The molecule has 4 rings (SSSR count). The van der Waals surface area contributed by atoms with E-state index in [9.17, 15) is 54.2 Å². The van der Waals surface area contributed by atoms with Crippen LogP contribution in [0.15, 0.2) is 101 Å². The Bertz CT molecular complexity index is 2460. The Kier molecular flexibility index (Phi) is 28.4. The summed E-state index contributed by atoms with van der Waals surface area (Å²) in [6, 6.07) is 12.2. The number of aromatic hydroxyl groups is 1. The van der Waals surface area contributed by atoms with Gasteiger partial charge in [-0.2, -0.15) is 18.9 Å². The number of nitrogens with zero attached hydrogens (tertiary/aromatic N) is 4. The number of sulfone groups is 1. The number of hydrogen-bond acceptors (Lipinski definition) is 26. The van der Waals surface area contributed by atoms with Gasteiger partial charge in [0.15, 0.2) is 26.7 Å². The molecule has 4 aromatic carbocycles. The van der Waals surface area contributed by atoms with Crippen LogP contribution in [-0.4, -0.2) is 68.4 Å². The van der Waals surface area contributed by atoms with Crippen molar-refractivity contribution in [3.63, 3.8) is 0 Å². The van der Waals surface area contributed by atoms with E-state index in [2.05, 4.69) is 43.4 Å². The molecule has 0 aliphatic heterocycles. The van der Waals surface area contributed by atoms with Gasteiger partial charge in [-0.05, 0) is 66.0 Å². The van der Waals surface area contributed by atoms with Crippen molar-refractivity contribution in [2.24, 2.45) is 20.5 Å². The van der Waals surface area contributed by atoms with Crippen LogP contribution in [0.1, 0.15) is 0 Å². The Morgan fingerprint density at radius 1 is 0.750 bits per heavy atom. The Balaban J connectivity index is 0.00000870. The van der Waals surface area contributed by atoms with Crippen LogP contribution in [0, 0.1) is 0 Å². The van der Waals surface area contributed by atoms with E-state index in [1.54, 1.807) is 0 Å². The third-order valence-corrected chi connectivity index (χ3v) is 11.4. The van der Waals surface area contributed by atoms with Gasteiger partial charge >= 0.3 is 118 Å². The third kappa shape index (κ3) is 18.6. The van der Waals surface area contributed by atoms with Gasteiger partial charge in [0.25, 0.3) is 0 Å². The molecule has 0 saturated carbocycles. The monoisotopic (exact) mass is 991 g/mol. The van der Waals surface area contributed by atoms with Crippen LogP contribution < -0.4 is 134 Å². The molecule has 0 saturated heterocycles. The molecular weight excluding hydrogens is 971 g/mol. The van der Waals surface area contributed by atoms with Gasteiger partial charge in [0.05, 0.1) is 85.9 Å². The van der Waals surface area contributed by atoms with Crippen LogP contribution in [0.5, 0.6) is 5.75 Å². The molecule has 4 aromatic rings. The second-order valence-corrected chi connectivity index (χ2v) is 17.2. The van der Waals surface area contributed by atoms with Gasteiger partial charge in [-0.1, -0.05) is 0 Å². The van der Waals surface area contributed by atoms with Crippen molar-refractivity contribution in [2.75, 3.05) is 30.5 Å². The topological polar surface area (TPSA) is 372 Å².